The summed E-state index contributed by atoms with van der Waals surface area (Å²) in [4.78, 5) is 20.3. The molecule has 3 aromatic carbocycles. The Labute approximate surface area is 190 Å². The number of ether oxygens (including phenoxy) is 1. The lowest BCUT2D eigenvalue weighted by Crippen LogP contribution is -2.20. The molecule has 0 spiro atoms. The lowest BCUT2D eigenvalue weighted by atomic mass is 10.1. The lowest BCUT2D eigenvalue weighted by Gasteiger charge is -2.11. The summed E-state index contributed by atoms with van der Waals surface area (Å²) < 4.78 is 5.63. The number of aromatic nitrogens is 2. The zero-order valence-corrected chi connectivity index (χ0v) is 18.9. The smallest absolute Gasteiger partial charge is 0.262 e. The number of anilines is 1. The molecule has 0 saturated carbocycles. The summed E-state index contributed by atoms with van der Waals surface area (Å²) in [5.41, 5.74) is 6.02. The van der Waals surface area contributed by atoms with Gasteiger partial charge in [0.2, 0.25) is 0 Å². The molecule has 2 N–H and O–H groups in total. The van der Waals surface area contributed by atoms with Crippen molar-refractivity contribution in [1.82, 2.24) is 9.97 Å². The summed E-state index contributed by atoms with van der Waals surface area (Å²) in [7, 11) is 0. The number of benzene rings is 3. The Morgan fingerprint density at radius 2 is 1.77 bits per heavy atom. The van der Waals surface area contributed by atoms with E-state index in [2.05, 4.69) is 15.3 Å². The number of aromatic amines is 1. The van der Waals surface area contributed by atoms with Gasteiger partial charge in [-0.3, -0.25) is 4.79 Å². The van der Waals surface area contributed by atoms with E-state index in [0.717, 1.165) is 33.3 Å². The third-order valence-electron chi connectivity index (χ3n) is 4.96. The molecular formula is C24H21Cl2N3O2. The zero-order valence-electron chi connectivity index (χ0n) is 17.3. The highest BCUT2D eigenvalue weighted by atomic mass is 35.5. The van der Waals surface area contributed by atoms with Crippen LogP contribution in [0.3, 0.4) is 0 Å². The van der Waals surface area contributed by atoms with E-state index in [0.29, 0.717) is 27.3 Å². The SMILES string of the molecule is Cc1cc2[nH]c(-c3cccc(NC(=O)COc4cc(C)c(Cl)c(C)c4)c3)nc2cc1Cl. The minimum absolute atomic E-state index is 0.104. The number of imidazole rings is 1. The number of halogens is 2. The first-order valence-corrected chi connectivity index (χ1v) is 10.5. The van der Waals surface area contributed by atoms with Gasteiger partial charge in [-0.2, -0.15) is 0 Å². The summed E-state index contributed by atoms with van der Waals surface area (Å²) in [5.74, 6) is 1.06. The Balaban J connectivity index is 1.46. The molecule has 0 atom stereocenters. The van der Waals surface area contributed by atoms with Crippen LogP contribution >= 0.6 is 23.2 Å². The lowest BCUT2D eigenvalue weighted by molar-refractivity contribution is -0.118. The minimum Gasteiger partial charge on any atom is -0.484 e. The van der Waals surface area contributed by atoms with Gasteiger partial charge in [0.25, 0.3) is 5.91 Å². The van der Waals surface area contributed by atoms with E-state index in [1.165, 1.54) is 0 Å². The normalized spacial score (nSPS) is 11.0. The molecule has 7 heteroatoms. The van der Waals surface area contributed by atoms with Gasteiger partial charge in [-0.05, 0) is 73.9 Å². The summed E-state index contributed by atoms with van der Waals surface area (Å²) in [6.45, 7) is 5.66. The highest BCUT2D eigenvalue weighted by Crippen LogP contribution is 2.27. The average molecular weight is 454 g/mol. The molecule has 0 saturated heterocycles. The van der Waals surface area contributed by atoms with Crippen LogP contribution in [0.25, 0.3) is 22.4 Å². The molecule has 31 heavy (non-hydrogen) atoms. The van der Waals surface area contributed by atoms with Crippen LogP contribution in [-0.2, 0) is 4.79 Å². The number of aryl methyl sites for hydroxylation is 3. The standard InChI is InChI=1S/C24H21Cl2N3O2/c1-13-9-20-21(11-19(13)25)29-24(28-20)16-5-4-6-17(10-16)27-22(30)12-31-18-7-14(2)23(26)15(3)8-18/h4-11H,12H2,1-3H3,(H,27,30)(H,28,29). The molecule has 1 aromatic heterocycles. The number of rotatable bonds is 5. The predicted molar refractivity (Wildman–Crippen MR) is 126 cm³/mol. The largest absolute Gasteiger partial charge is 0.484 e. The first-order chi connectivity index (χ1) is 14.8. The van der Waals surface area contributed by atoms with Crippen molar-refractivity contribution in [2.45, 2.75) is 20.8 Å². The molecule has 0 bridgehead atoms. The van der Waals surface area contributed by atoms with Crippen molar-refractivity contribution in [3.8, 4) is 17.1 Å². The topological polar surface area (TPSA) is 67.0 Å². The summed E-state index contributed by atoms with van der Waals surface area (Å²) in [6, 6.07) is 14.9. The van der Waals surface area contributed by atoms with Crippen molar-refractivity contribution in [3.05, 3.63) is 75.3 Å². The molecule has 0 aliphatic carbocycles. The van der Waals surface area contributed by atoms with Gasteiger partial charge in [-0.25, -0.2) is 4.98 Å². The third-order valence-corrected chi connectivity index (χ3v) is 5.97. The molecule has 1 heterocycles. The molecule has 4 aromatic rings. The molecule has 0 radical (unpaired) electrons. The maximum atomic E-state index is 12.4. The van der Waals surface area contributed by atoms with Crippen LogP contribution in [0.1, 0.15) is 16.7 Å². The molecule has 0 fully saturated rings. The first kappa shape index (κ1) is 21.2. The quantitative estimate of drug-likeness (QED) is 0.363. The number of nitrogens with one attached hydrogen (secondary N) is 2. The number of H-pyrrole nitrogens is 1. The number of carbonyl (C=O) groups excluding carboxylic acids is 1. The average Bonchev–Trinajstić information content (AvgIpc) is 3.13. The minimum atomic E-state index is -0.255. The van der Waals surface area contributed by atoms with Gasteiger partial charge in [0.15, 0.2) is 6.61 Å². The van der Waals surface area contributed by atoms with Crippen molar-refractivity contribution < 1.29 is 9.53 Å². The summed E-state index contributed by atoms with van der Waals surface area (Å²) in [6.07, 6.45) is 0. The second kappa shape index (κ2) is 8.61. The number of carbonyl (C=O) groups is 1. The third kappa shape index (κ3) is 4.68. The number of hydrogen-bond donors (Lipinski definition) is 2. The molecular weight excluding hydrogens is 433 g/mol. The van der Waals surface area contributed by atoms with Crippen LogP contribution in [0, 0.1) is 20.8 Å². The highest BCUT2D eigenvalue weighted by molar-refractivity contribution is 6.32. The van der Waals surface area contributed by atoms with Crippen molar-refractivity contribution in [3.63, 3.8) is 0 Å². The zero-order chi connectivity index (χ0) is 22.1. The van der Waals surface area contributed by atoms with Crippen LogP contribution < -0.4 is 10.1 Å². The van der Waals surface area contributed by atoms with Gasteiger partial charge in [-0.15, -0.1) is 0 Å². The van der Waals surface area contributed by atoms with E-state index in [1.807, 2.05) is 69.3 Å². The van der Waals surface area contributed by atoms with Crippen LogP contribution in [0.2, 0.25) is 10.0 Å². The van der Waals surface area contributed by atoms with Crippen LogP contribution in [0.5, 0.6) is 5.75 Å². The van der Waals surface area contributed by atoms with Crippen molar-refractivity contribution in [2.75, 3.05) is 11.9 Å². The fraction of sp³-hybridized carbons (Fsp3) is 0.167. The fourth-order valence-electron chi connectivity index (χ4n) is 3.36. The van der Waals surface area contributed by atoms with E-state index >= 15 is 0 Å². The fourth-order valence-corrected chi connectivity index (χ4v) is 3.62. The number of fused-ring (bicyclic) bond motifs is 1. The van der Waals surface area contributed by atoms with E-state index in [9.17, 15) is 4.79 Å². The Morgan fingerprint density at radius 3 is 2.52 bits per heavy atom. The number of hydrogen-bond acceptors (Lipinski definition) is 3. The molecule has 4 rings (SSSR count). The van der Waals surface area contributed by atoms with Gasteiger partial charge in [0.1, 0.15) is 11.6 Å². The molecule has 5 nitrogen and oxygen atoms in total. The van der Waals surface area contributed by atoms with E-state index in [1.54, 1.807) is 0 Å². The first-order valence-electron chi connectivity index (χ1n) is 9.76. The van der Waals surface area contributed by atoms with Crippen LogP contribution in [0.15, 0.2) is 48.5 Å². The Hall–Kier alpha value is -3.02. The maximum absolute atomic E-state index is 12.4. The summed E-state index contributed by atoms with van der Waals surface area (Å²) >= 11 is 12.4. The Kier molecular flexibility index (Phi) is 5.90. The van der Waals surface area contributed by atoms with E-state index < -0.39 is 0 Å². The van der Waals surface area contributed by atoms with E-state index in [4.69, 9.17) is 27.9 Å². The molecule has 0 unspecified atom stereocenters. The van der Waals surface area contributed by atoms with Gasteiger partial charge in [-0.1, -0.05) is 35.3 Å². The van der Waals surface area contributed by atoms with Crippen molar-refractivity contribution in [1.29, 1.82) is 0 Å². The van der Waals surface area contributed by atoms with Crippen LogP contribution in [0.4, 0.5) is 5.69 Å². The number of amides is 1. The van der Waals surface area contributed by atoms with Crippen LogP contribution in [-0.4, -0.2) is 22.5 Å². The highest BCUT2D eigenvalue weighted by Gasteiger charge is 2.10. The maximum Gasteiger partial charge on any atom is 0.262 e. The molecule has 0 aliphatic rings. The second-order valence-corrected chi connectivity index (χ2v) is 8.28. The molecule has 158 valence electrons. The summed E-state index contributed by atoms with van der Waals surface area (Å²) in [5, 5.41) is 4.25. The Bertz CT molecular complexity index is 1240. The van der Waals surface area contributed by atoms with Gasteiger partial charge in [0.05, 0.1) is 11.0 Å². The predicted octanol–water partition coefficient (Wildman–Crippen LogP) is 6.48. The van der Waals surface area contributed by atoms with Crippen molar-refractivity contribution >= 4 is 45.8 Å². The number of nitrogens with zero attached hydrogens (tertiary/aromatic N) is 1. The second-order valence-electron chi connectivity index (χ2n) is 7.49. The van der Waals surface area contributed by atoms with Gasteiger partial charge < -0.3 is 15.0 Å². The van der Waals surface area contributed by atoms with Gasteiger partial charge in [0, 0.05) is 21.3 Å². The molecule has 1 amide bonds. The monoisotopic (exact) mass is 453 g/mol. The van der Waals surface area contributed by atoms with Crippen molar-refractivity contribution in [2.24, 2.45) is 0 Å². The Morgan fingerprint density at radius 1 is 1.03 bits per heavy atom. The molecule has 0 aliphatic heterocycles. The van der Waals surface area contributed by atoms with Gasteiger partial charge >= 0.3 is 0 Å². The van der Waals surface area contributed by atoms with E-state index in [-0.39, 0.29) is 12.5 Å².